The number of nitrogens with two attached hydrogens (primary N) is 2. The quantitative estimate of drug-likeness (QED) is 0.554. The number of aliphatic hydroxyl groups excluding tert-OH is 2. The lowest BCUT2D eigenvalue weighted by atomic mass is 10.2. The van der Waals surface area contributed by atoms with Gasteiger partial charge in [0, 0.05) is 12.6 Å². The fourth-order valence-electron chi connectivity index (χ4n) is 2.55. The first-order valence-electron chi connectivity index (χ1n) is 6.33. The van der Waals surface area contributed by atoms with Gasteiger partial charge in [-0.3, -0.25) is 0 Å². The summed E-state index contributed by atoms with van der Waals surface area (Å²) >= 11 is 0. The number of hydrogen-bond donors (Lipinski definition) is 4. The van der Waals surface area contributed by atoms with E-state index in [9.17, 15) is 10.4 Å². The van der Waals surface area contributed by atoms with Crippen molar-refractivity contribution in [2.24, 2.45) is 0 Å². The second-order valence-electron chi connectivity index (χ2n) is 4.84. The first kappa shape index (κ1) is 13.6. The second-order valence-corrected chi connectivity index (χ2v) is 4.84. The molecule has 9 heteroatoms. The molecule has 110 valence electrons. The van der Waals surface area contributed by atoms with E-state index in [0.717, 1.165) is 0 Å². The van der Waals surface area contributed by atoms with Crippen LogP contribution in [-0.4, -0.2) is 43.6 Å². The van der Waals surface area contributed by atoms with Crippen LogP contribution >= 0.6 is 0 Å². The Morgan fingerprint density at radius 2 is 2.24 bits per heavy atom. The van der Waals surface area contributed by atoms with E-state index in [1.807, 2.05) is 6.07 Å². The number of hydrogen-bond acceptors (Lipinski definition) is 8. The first-order chi connectivity index (χ1) is 10.0. The molecule has 0 aromatic carbocycles. The third-order valence-electron chi connectivity index (χ3n) is 3.53. The summed E-state index contributed by atoms with van der Waals surface area (Å²) in [5.41, 5.74) is 12.1. The van der Waals surface area contributed by atoms with E-state index >= 15 is 0 Å². The molecular formula is C12H14N6O3. The highest BCUT2D eigenvalue weighted by molar-refractivity contribution is 5.92. The van der Waals surface area contributed by atoms with Gasteiger partial charge in [-0.25, -0.2) is 0 Å². The van der Waals surface area contributed by atoms with E-state index in [0.29, 0.717) is 16.6 Å². The number of nitrogens with zero attached hydrogens (tertiary/aromatic N) is 4. The summed E-state index contributed by atoms with van der Waals surface area (Å²) in [5, 5.41) is 28.6. The molecule has 0 spiro atoms. The van der Waals surface area contributed by atoms with Crippen molar-refractivity contribution in [3.8, 4) is 6.07 Å². The van der Waals surface area contributed by atoms with Crippen LogP contribution in [0.15, 0.2) is 6.20 Å². The summed E-state index contributed by atoms with van der Waals surface area (Å²) in [6.45, 7) is -0.290. The molecule has 21 heavy (non-hydrogen) atoms. The monoisotopic (exact) mass is 290 g/mol. The topological polar surface area (TPSA) is 156 Å². The maximum Gasteiger partial charge on any atom is 0.223 e. The molecule has 3 atom stereocenters. The summed E-state index contributed by atoms with van der Waals surface area (Å²) in [5.74, 6) is 0.103. The van der Waals surface area contributed by atoms with Crippen LogP contribution < -0.4 is 11.5 Å². The molecule has 0 aliphatic carbocycles. The SMILES string of the molecule is N#Cc1cn([C@H]2C[C@H](O)[C@@H](CO)O2)c2nc(N)nc(N)c12. The number of fused-ring (bicyclic) bond motifs is 1. The molecule has 0 bridgehead atoms. The molecule has 0 unspecified atom stereocenters. The van der Waals surface area contributed by atoms with Crippen molar-refractivity contribution < 1.29 is 14.9 Å². The van der Waals surface area contributed by atoms with Gasteiger partial charge in [-0.05, 0) is 0 Å². The van der Waals surface area contributed by atoms with Crippen LogP contribution in [0.5, 0.6) is 0 Å². The molecule has 0 saturated carbocycles. The highest BCUT2D eigenvalue weighted by Crippen LogP contribution is 2.34. The lowest BCUT2D eigenvalue weighted by molar-refractivity contribution is -0.0430. The van der Waals surface area contributed by atoms with Gasteiger partial charge >= 0.3 is 0 Å². The molecule has 1 aliphatic rings. The predicted molar refractivity (Wildman–Crippen MR) is 72.7 cm³/mol. The average molecular weight is 290 g/mol. The van der Waals surface area contributed by atoms with Crippen molar-refractivity contribution >= 4 is 22.8 Å². The number of aliphatic hydroxyl groups is 2. The molecular weight excluding hydrogens is 276 g/mol. The molecule has 1 aliphatic heterocycles. The standard InChI is InChI=1S/C12H14N6O3/c13-2-5-3-18(8-1-6(20)7(4-19)21-8)11-9(5)10(14)16-12(15)17-11/h3,6-8,19-20H,1,4H2,(H4,14,15,16,17)/t6-,7+,8+/m0/s1. The number of nitrogen functional groups attached to an aromatic ring is 2. The maximum atomic E-state index is 9.82. The Hall–Kier alpha value is -2.41. The lowest BCUT2D eigenvalue weighted by Gasteiger charge is -2.14. The van der Waals surface area contributed by atoms with E-state index in [4.69, 9.17) is 21.3 Å². The first-order valence-corrected chi connectivity index (χ1v) is 6.33. The van der Waals surface area contributed by atoms with E-state index in [-0.39, 0.29) is 24.8 Å². The van der Waals surface area contributed by atoms with Gasteiger partial charge in [0.1, 0.15) is 24.2 Å². The molecule has 0 radical (unpaired) electrons. The van der Waals surface area contributed by atoms with Crippen molar-refractivity contribution in [3.05, 3.63) is 11.8 Å². The molecule has 2 aromatic heterocycles. The molecule has 6 N–H and O–H groups in total. The second kappa shape index (κ2) is 4.85. The van der Waals surface area contributed by atoms with Crippen molar-refractivity contribution in [1.82, 2.24) is 14.5 Å². The largest absolute Gasteiger partial charge is 0.394 e. The number of rotatable bonds is 2. The Morgan fingerprint density at radius 3 is 2.86 bits per heavy atom. The van der Waals surface area contributed by atoms with Crippen LogP contribution in [0.2, 0.25) is 0 Å². The summed E-state index contributed by atoms with van der Waals surface area (Å²) < 4.78 is 7.15. The maximum absolute atomic E-state index is 9.82. The minimum atomic E-state index is -0.792. The van der Waals surface area contributed by atoms with Gasteiger partial charge in [0.2, 0.25) is 5.95 Å². The molecule has 1 saturated heterocycles. The average Bonchev–Trinajstić information content (AvgIpc) is 2.98. The number of nitriles is 1. The van der Waals surface area contributed by atoms with Crippen molar-refractivity contribution in [1.29, 1.82) is 5.26 Å². The van der Waals surface area contributed by atoms with Crippen molar-refractivity contribution in [2.75, 3.05) is 18.1 Å². The molecule has 2 aromatic rings. The van der Waals surface area contributed by atoms with Crippen LogP contribution in [-0.2, 0) is 4.74 Å². The highest BCUT2D eigenvalue weighted by Gasteiger charge is 2.35. The Balaban J connectivity index is 2.14. The summed E-state index contributed by atoms with van der Waals surface area (Å²) in [6, 6.07) is 2.02. The van der Waals surface area contributed by atoms with Gasteiger partial charge in [0.15, 0.2) is 5.65 Å². The zero-order valence-corrected chi connectivity index (χ0v) is 11.0. The van der Waals surface area contributed by atoms with Gasteiger partial charge in [-0.1, -0.05) is 0 Å². The minimum Gasteiger partial charge on any atom is -0.394 e. The fourth-order valence-corrected chi connectivity index (χ4v) is 2.55. The number of ether oxygens (including phenoxy) is 1. The van der Waals surface area contributed by atoms with E-state index in [1.54, 1.807) is 4.57 Å². The molecule has 1 fully saturated rings. The zero-order chi connectivity index (χ0) is 15.1. The summed E-state index contributed by atoms with van der Waals surface area (Å²) in [6.07, 6.45) is -0.222. The molecule has 9 nitrogen and oxygen atoms in total. The lowest BCUT2D eigenvalue weighted by Crippen LogP contribution is -2.24. The van der Waals surface area contributed by atoms with Crippen molar-refractivity contribution in [2.45, 2.75) is 24.9 Å². The van der Waals surface area contributed by atoms with Crippen LogP contribution in [0, 0.1) is 11.3 Å². The Kier molecular flexibility index (Phi) is 3.13. The summed E-state index contributed by atoms with van der Waals surface area (Å²) in [7, 11) is 0. The van der Waals surface area contributed by atoms with Gasteiger partial charge in [0.25, 0.3) is 0 Å². The van der Waals surface area contributed by atoms with Gasteiger partial charge < -0.3 is 31.0 Å². The minimum absolute atomic E-state index is 0.0129. The Labute approximate surface area is 119 Å². The third kappa shape index (κ3) is 2.06. The highest BCUT2D eigenvalue weighted by atomic mass is 16.5. The Morgan fingerprint density at radius 1 is 1.48 bits per heavy atom. The Bertz CT molecular complexity index is 737. The van der Waals surface area contributed by atoms with E-state index in [1.165, 1.54) is 6.20 Å². The zero-order valence-electron chi connectivity index (χ0n) is 11.0. The smallest absolute Gasteiger partial charge is 0.223 e. The van der Waals surface area contributed by atoms with Gasteiger partial charge in [-0.15, -0.1) is 0 Å². The summed E-state index contributed by atoms with van der Waals surface area (Å²) in [4.78, 5) is 7.95. The van der Waals surface area contributed by atoms with Gasteiger partial charge in [-0.2, -0.15) is 15.2 Å². The van der Waals surface area contributed by atoms with Crippen LogP contribution in [0.25, 0.3) is 11.0 Å². The molecule has 3 rings (SSSR count). The van der Waals surface area contributed by atoms with E-state index < -0.39 is 18.4 Å². The fraction of sp³-hybridized carbons (Fsp3) is 0.417. The normalized spacial score (nSPS) is 25.3. The molecule has 3 heterocycles. The molecule has 0 amide bonds. The van der Waals surface area contributed by atoms with E-state index in [2.05, 4.69) is 9.97 Å². The number of aromatic nitrogens is 3. The van der Waals surface area contributed by atoms with Crippen LogP contribution in [0.4, 0.5) is 11.8 Å². The third-order valence-corrected chi connectivity index (χ3v) is 3.53. The predicted octanol–water partition coefficient (Wildman–Crippen LogP) is -0.892. The van der Waals surface area contributed by atoms with Crippen molar-refractivity contribution in [3.63, 3.8) is 0 Å². The van der Waals surface area contributed by atoms with Crippen LogP contribution in [0.3, 0.4) is 0 Å². The number of anilines is 2. The van der Waals surface area contributed by atoms with Crippen LogP contribution in [0.1, 0.15) is 18.2 Å². The van der Waals surface area contributed by atoms with Gasteiger partial charge in [0.05, 0.1) is 23.7 Å².